The van der Waals surface area contributed by atoms with Crippen molar-refractivity contribution in [3.63, 3.8) is 0 Å². The van der Waals surface area contributed by atoms with Crippen LogP contribution in [0.5, 0.6) is 11.5 Å². The largest absolute Gasteiger partial charge is 0.497 e. The monoisotopic (exact) mass is 401 g/mol. The van der Waals surface area contributed by atoms with Gasteiger partial charge in [0.25, 0.3) is 11.8 Å². The van der Waals surface area contributed by atoms with E-state index < -0.39 is 18.0 Å². The van der Waals surface area contributed by atoms with Gasteiger partial charge in [0, 0.05) is 18.2 Å². The van der Waals surface area contributed by atoms with Gasteiger partial charge < -0.3 is 13.9 Å². The van der Waals surface area contributed by atoms with Crippen molar-refractivity contribution >= 4 is 5.91 Å². The Labute approximate surface area is 164 Å². The number of nitrogens with zero attached hydrogens (tertiary/aromatic N) is 3. The minimum Gasteiger partial charge on any atom is -0.497 e. The van der Waals surface area contributed by atoms with Crippen molar-refractivity contribution in [2.24, 2.45) is 0 Å². The van der Waals surface area contributed by atoms with Crippen molar-refractivity contribution in [1.29, 1.82) is 0 Å². The molecule has 1 aromatic heterocycles. The molecule has 1 aliphatic heterocycles. The average molecular weight is 401 g/mol. The second kappa shape index (κ2) is 6.84. The molecule has 1 aliphatic rings. The van der Waals surface area contributed by atoms with Gasteiger partial charge in [0.15, 0.2) is 0 Å². The molecule has 3 aromatic rings. The fraction of sp³-hybridized carbons (Fsp3) is 0.250. The van der Waals surface area contributed by atoms with E-state index in [1.807, 2.05) is 12.1 Å². The van der Waals surface area contributed by atoms with E-state index in [1.54, 1.807) is 45.3 Å². The molecule has 0 spiro atoms. The van der Waals surface area contributed by atoms with Crippen LogP contribution in [0.15, 0.2) is 46.9 Å². The number of hydrogen-bond acceptors (Lipinski definition) is 6. The van der Waals surface area contributed by atoms with Gasteiger partial charge in [-0.2, -0.15) is 8.78 Å². The lowest BCUT2D eigenvalue weighted by Crippen LogP contribution is -2.52. The highest BCUT2D eigenvalue weighted by Gasteiger charge is 2.43. The predicted octanol–water partition coefficient (Wildman–Crippen LogP) is 4.02. The number of fused-ring (bicyclic) bond motifs is 1. The Morgan fingerprint density at radius 1 is 1.14 bits per heavy atom. The number of hydrogen-bond donors (Lipinski definition) is 0. The fourth-order valence-corrected chi connectivity index (χ4v) is 3.17. The third-order valence-corrected chi connectivity index (χ3v) is 4.96. The molecule has 0 saturated heterocycles. The van der Waals surface area contributed by atoms with E-state index in [0.29, 0.717) is 17.1 Å². The van der Waals surface area contributed by atoms with Crippen molar-refractivity contribution < 1.29 is 27.5 Å². The van der Waals surface area contributed by atoms with E-state index in [9.17, 15) is 13.6 Å². The molecule has 7 nitrogen and oxygen atoms in total. The highest BCUT2D eigenvalue weighted by Crippen LogP contribution is 2.40. The van der Waals surface area contributed by atoms with Gasteiger partial charge in [-0.15, -0.1) is 10.2 Å². The number of amides is 1. The summed E-state index contributed by atoms with van der Waals surface area (Å²) in [6.07, 6.45) is -2.87. The van der Waals surface area contributed by atoms with Crippen LogP contribution in [0.1, 0.15) is 35.2 Å². The predicted molar refractivity (Wildman–Crippen MR) is 97.8 cm³/mol. The number of methoxy groups -OCH3 is 1. The summed E-state index contributed by atoms with van der Waals surface area (Å²) in [6.45, 7) is 1.79. The van der Waals surface area contributed by atoms with Gasteiger partial charge in [-0.05, 0) is 49.4 Å². The maximum Gasteiger partial charge on any atom is 0.314 e. The van der Waals surface area contributed by atoms with Crippen molar-refractivity contribution in [3.05, 3.63) is 59.5 Å². The fourth-order valence-electron chi connectivity index (χ4n) is 3.17. The summed E-state index contributed by atoms with van der Waals surface area (Å²) in [5.74, 6) is -0.106. The Kier molecular flexibility index (Phi) is 4.45. The Hall–Kier alpha value is -3.49. The summed E-state index contributed by atoms with van der Waals surface area (Å²) >= 11 is 0. The van der Waals surface area contributed by atoms with E-state index in [0.717, 1.165) is 5.56 Å². The van der Waals surface area contributed by atoms with E-state index >= 15 is 0 Å². The molecule has 0 saturated carbocycles. The first-order chi connectivity index (χ1) is 13.8. The van der Waals surface area contributed by atoms with Gasteiger partial charge >= 0.3 is 6.43 Å². The normalized spacial score (nSPS) is 18.6. The minimum atomic E-state index is -2.87. The number of rotatable bonds is 4. The topological polar surface area (TPSA) is 77.7 Å². The number of ether oxygens (including phenoxy) is 2. The van der Waals surface area contributed by atoms with Crippen molar-refractivity contribution in [2.75, 3.05) is 14.2 Å². The quantitative estimate of drug-likeness (QED) is 0.657. The van der Waals surface area contributed by atoms with Crippen LogP contribution in [-0.4, -0.2) is 35.2 Å². The summed E-state index contributed by atoms with van der Waals surface area (Å²) in [5, 5.41) is 6.93. The number of halogens is 2. The van der Waals surface area contributed by atoms with Crippen LogP contribution in [0.2, 0.25) is 0 Å². The zero-order valence-corrected chi connectivity index (χ0v) is 15.8. The maximum absolute atomic E-state index is 13.1. The van der Waals surface area contributed by atoms with Crippen molar-refractivity contribution in [3.8, 4) is 23.0 Å². The molecule has 1 amide bonds. The molecule has 9 heteroatoms. The lowest BCUT2D eigenvalue weighted by atomic mass is 9.98. The maximum atomic E-state index is 13.1. The molecule has 29 heavy (non-hydrogen) atoms. The molecule has 0 bridgehead atoms. The SMILES string of the molecule is COc1ccc(C2(C)Oc3ccc(-c4nnc(C(F)F)o4)cc3C(=O)N2C)cc1. The second-order valence-corrected chi connectivity index (χ2v) is 6.63. The molecule has 4 rings (SSSR count). The molecule has 0 aliphatic carbocycles. The molecule has 2 heterocycles. The molecular formula is C20H17F2N3O4. The van der Waals surface area contributed by atoms with E-state index in [4.69, 9.17) is 13.9 Å². The molecule has 0 fully saturated rings. The molecule has 1 unspecified atom stereocenters. The molecule has 150 valence electrons. The number of aromatic nitrogens is 2. The van der Waals surface area contributed by atoms with Gasteiger partial charge in [-0.25, -0.2) is 0 Å². The van der Waals surface area contributed by atoms with Gasteiger partial charge in [0.1, 0.15) is 11.5 Å². The number of carbonyl (C=O) groups excluding carboxylic acids is 1. The minimum absolute atomic E-state index is 0.0953. The van der Waals surface area contributed by atoms with Gasteiger partial charge in [0.2, 0.25) is 11.6 Å². The Morgan fingerprint density at radius 2 is 1.86 bits per heavy atom. The average Bonchev–Trinajstić information content (AvgIpc) is 3.23. The van der Waals surface area contributed by atoms with Gasteiger partial charge in [0.05, 0.1) is 12.7 Å². The van der Waals surface area contributed by atoms with Gasteiger partial charge in [-0.1, -0.05) is 0 Å². The van der Waals surface area contributed by atoms with E-state index in [-0.39, 0.29) is 17.4 Å². The van der Waals surface area contributed by atoms with Crippen LogP contribution in [0.25, 0.3) is 11.5 Å². The number of alkyl halides is 2. The first-order valence-corrected chi connectivity index (χ1v) is 8.71. The lowest BCUT2D eigenvalue weighted by molar-refractivity contribution is -0.0556. The Bertz CT molecular complexity index is 1070. The summed E-state index contributed by atoms with van der Waals surface area (Å²) in [7, 11) is 3.20. The van der Waals surface area contributed by atoms with Gasteiger partial charge in [-0.3, -0.25) is 9.69 Å². The second-order valence-electron chi connectivity index (χ2n) is 6.63. The summed E-state index contributed by atoms with van der Waals surface area (Å²) in [6, 6.07) is 11.9. The van der Waals surface area contributed by atoms with E-state index in [2.05, 4.69) is 10.2 Å². The van der Waals surface area contributed by atoms with Crippen LogP contribution >= 0.6 is 0 Å². The highest BCUT2D eigenvalue weighted by molar-refractivity contribution is 5.99. The summed E-state index contributed by atoms with van der Waals surface area (Å²) < 4.78 is 41.7. The number of benzene rings is 2. The van der Waals surface area contributed by atoms with Crippen LogP contribution in [-0.2, 0) is 5.72 Å². The van der Waals surface area contributed by atoms with Crippen molar-refractivity contribution in [1.82, 2.24) is 15.1 Å². The molecule has 0 radical (unpaired) electrons. The highest BCUT2D eigenvalue weighted by atomic mass is 19.3. The molecule has 1 atom stereocenters. The standard InChI is InChI=1S/C20H17F2N3O4/c1-20(12-5-7-13(27-3)8-6-12)25(2)19(26)14-10-11(4-9-15(14)29-20)17-23-24-18(28-17)16(21)22/h4-10,16H,1-3H3. The third kappa shape index (κ3) is 3.08. The van der Waals surface area contributed by atoms with Crippen LogP contribution in [0.4, 0.5) is 8.78 Å². The zero-order valence-electron chi connectivity index (χ0n) is 15.8. The first kappa shape index (κ1) is 18.9. The Balaban J connectivity index is 1.71. The lowest BCUT2D eigenvalue weighted by Gasteiger charge is -2.43. The zero-order chi connectivity index (χ0) is 20.8. The van der Waals surface area contributed by atoms with Crippen LogP contribution in [0, 0.1) is 0 Å². The van der Waals surface area contributed by atoms with Crippen LogP contribution < -0.4 is 9.47 Å². The van der Waals surface area contributed by atoms with Crippen LogP contribution in [0.3, 0.4) is 0 Å². The third-order valence-electron chi connectivity index (χ3n) is 4.96. The summed E-state index contributed by atoms with van der Waals surface area (Å²) in [5.41, 5.74) is 0.349. The van der Waals surface area contributed by atoms with Crippen molar-refractivity contribution in [2.45, 2.75) is 19.1 Å². The van der Waals surface area contributed by atoms with E-state index in [1.165, 1.54) is 11.0 Å². The molecular weight excluding hydrogens is 384 g/mol. The molecule has 2 aromatic carbocycles. The summed E-state index contributed by atoms with van der Waals surface area (Å²) in [4.78, 5) is 14.5. The smallest absolute Gasteiger partial charge is 0.314 e. The first-order valence-electron chi connectivity index (χ1n) is 8.71. The number of carbonyl (C=O) groups is 1. The molecule has 0 N–H and O–H groups in total. The Morgan fingerprint density at radius 3 is 2.48 bits per heavy atom.